The Morgan fingerprint density at radius 3 is 2.45 bits per heavy atom. The zero-order chi connectivity index (χ0) is 22.2. The predicted molar refractivity (Wildman–Crippen MR) is 113 cm³/mol. The number of fused-ring (bicyclic) bond motifs is 1. The third kappa shape index (κ3) is 6.66. The van der Waals surface area contributed by atoms with Crippen LogP contribution in [0.3, 0.4) is 0 Å². The smallest absolute Gasteiger partial charge is 0.253 e. The molecule has 1 heterocycles. The number of carbonyl (C=O) groups is 3. The summed E-state index contributed by atoms with van der Waals surface area (Å²) in [5.74, 6) is 0.406. The number of rotatable bonds is 9. The van der Waals surface area contributed by atoms with Gasteiger partial charge in [-0.3, -0.25) is 14.4 Å². The third-order valence-electron chi connectivity index (χ3n) is 4.07. The van der Waals surface area contributed by atoms with E-state index in [2.05, 4.69) is 16.0 Å². The van der Waals surface area contributed by atoms with Crippen molar-refractivity contribution in [2.75, 3.05) is 33.0 Å². The molecule has 9 nitrogen and oxygen atoms in total. The Morgan fingerprint density at radius 1 is 0.903 bits per heavy atom. The molecule has 0 saturated heterocycles. The van der Waals surface area contributed by atoms with E-state index < -0.39 is 17.7 Å². The highest BCUT2D eigenvalue weighted by molar-refractivity contribution is 6.36. The summed E-state index contributed by atoms with van der Waals surface area (Å²) in [5, 5.41) is 8.01. The average Bonchev–Trinajstić information content (AvgIpc) is 3.21. The standard InChI is InChI=1S/C20H19Cl2N3O6/c21-12-1-3-14(15(22)7-12)20(28)25-10-19(27)24-9-18(26)23-5-6-29-13-2-4-16-17(8-13)31-11-30-16/h1-4,7-8H,5-6,9-11H2,(H,23,26)(H,24,27)(H,25,28). The van der Waals surface area contributed by atoms with E-state index in [0.29, 0.717) is 22.3 Å². The van der Waals surface area contributed by atoms with Gasteiger partial charge < -0.3 is 30.2 Å². The van der Waals surface area contributed by atoms with Crippen LogP contribution in [-0.4, -0.2) is 50.8 Å². The number of hydrogen-bond donors (Lipinski definition) is 3. The van der Waals surface area contributed by atoms with Crippen LogP contribution in [0.1, 0.15) is 10.4 Å². The fourth-order valence-electron chi connectivity index (χ4n) is 2.56. The lowest BCUT2D eigenvalue weighted by molar-refractivity contribution is -0.125. The molecule has 0 fully saturated rings. The molecule has 31 heavy (non-hydrogen) atoms. The fourth-order valence-corrected chi connectivity index (χ4v) is 3.05. The van der Waals surface area contributed by atoms with Gasteiger partial charge in [0.15, 0.2) is 11.5 Å². The lowest BCUT2D eigenvalue weighted by atomic mass is 10.2. The quantitative estimate of drug-likeness (QED) is 0.484. The van der Waals surface area contributed by atoms with Crippen molar-refractivity contribution >= 4 is 40.9 Å². The highest BCUT2D eigenvalue weighted by atomic mass is 35.5. The second kappa shape index (κ2) is 10.7. The van der Waals surface area contributed by atoms with E-state index in [0.717, 1.165) is 0 Å². The molecule has 11 heteroatoms. The van der Waals surface area contributed by atoms with Crippen molar-refractivity contribution in [2.24, 2.45) is 0 Å². The van der Waals surface area contributed by atoms with Gasteiger partial charge in [0.25, 0.3) is 5.91 Å². The van der Waals surface area contributed by atoms with Gasteiger partial charge in [-0.15, -0.1) is 0 Å². The second-order valence-corrected chi connectivity index (χ2v) is 7.14. The molecule has 0 saturated carbocycles. The van der Waals surface area contributed by atoms with Crippen molar-refractivity contribution in [3.63, 3.8) is 0 Å². The molecular weight excluding hydrogens is 449 g/mol. The Balaban J connectivity index is 1.29. The Morgan fingerprint density at radius 2 is 1.65 bits per heavy atom. The Kier molecular flexibility index (Phi) is 7.80. The second-order valence-electron chi connectivity index (χ2n) is 6.30. The molecule has 2 aromatic rings. The van der Waals surface area contributed by atoms with Crippen LogP contribution >= 0.6 is 23.2 Å². The zero-order valence-electron chi connectivity index (χ0n) is 16.2. The number of amides is 3. The maximum absolute atomic E-state index is 12.0. The lowest BCUT2D eigenvalue weighted by Crippen LogP contribution is -2.42. The van der Waals surface area contributed by atoms with E-state index in [1.807, 2.05) is 0 Å². The van der Waals surface area contributed by atoms with Crippen molar-refractivity contribution < 1.29 is 28.6 Å². The van der Waals surface area contributed by atoms with E-state index >= 15 is 0 Å². The van der Waals surface area contributed by atoms with Crippen molar-refractivity contribution in [3.8, 4) is 17.2 Å². The van der Waals surface area contributed by atoms with Gasteiger partial charge in [0.1, 0.15) is 12.4 Å². The van der Waals surface area contributed by atoms with Gasteiger partial charge in [-0.25, -0.2) is 0 Å². The first-order valence-electron chi connectivity index (χ1n) is 9.21. The van der Waals surface area contributed by atoms with Crippen LogP contribution in [-0.2, 0) is 9.59 Å². The molecule has 0 bridgehead atoms. The molecule has 1 aliphatic heterocycles. The van der Waals surface area contributed by atoms with Gasteiger partial charge in [0, 0.05) is 11.1 Å². The molecule has 0 spiro atoms. The van der Waals surface area contributed by atoms with Crippen LogP contribution in [0.5, 0.6) is 17.2 Å². The highest BCUT2D eigenvalue weighted by Crippen LogP contribution is 2.34. The first-order chi connectivity index (χ1) is 14.9. The van der Waals surface area contributed by atoms with E-state index in [4.69, 9.17) is 37.4 Å². The molecule has 0 aromatic heterocycles. The van der Waals surface area contributed by atoms with E-state index in [9.17, 15) is 14.4 Å². The number of ether oxygens (including phenoxy) is 3. The summed E-state index contributed by atoms with van der Waals surface area (Å²) in [7, 11) is 0. The molecule has 164 valence electrons. The molecular formula is C20H19Cl2N3O6. The Labute approximate surface area is 187 Å². The minimum Gasteiger partial charge on any atom is -0.492 e. The maximum Gasteiger partial charge on any atom is 0.253 e. The summed E-state index contributed by atoms with van der Waals surface area (Å²) in [6.07, 6.45) is 0. The van der Waals surface area contributed by atoms with Crippen molar-refractivity contribution in [1.82, 2.24) is 16.0 Å². The van der Waals surface area contributed by atoms with Gasteiger partial charge in [-0.05, 0) is 30.3 Å². The number of hydrogen-bond acceptors (Lipinski definition) is 6. The zero-order valence-corrected chi connectivity index (χ0v) is 17.7. The molecule has 0 unspecified atom stereocenters. The summed E-state index contributed by atoms with van der Waals surface area (Å²) in [6.45, 7) is 0.115. The van der Waals surface area contributed by atoms with E-state index in [1.54, 1.807) is 18.2 Å². The number of carbonyl (C=O) groups excluding carboxylic acids is 3. The monoisotopic (exact) mass is 467 g/mol. The molecule has 3 amide bonds. The van der Waals surface area contributed by atoms with Gasteiger partial charge in [-0.2, -0.15) is 0 Å². The van der Waals surface area contributed by atoms with Gasteiger partial charge >= 0.3 is 0 Å². The van der Waals surface area contributed by atoms with Crippen molar-refractivity contribution in [2.45, 2.75) is 0 Å². The minimum atomic E-state index is -0.526. The predicted octanol–water partition coefficient (Wildman–Crippen LogP) is 1.76. The van der Waals surface area contributed by atoms with E-state index in [1.165, 1.54) is 18.2 Å². The molecule has 0 atom stereocenters. The summed E-state index contributed by atoms with van der Waals surface area (Å²) in [4.78, 5) is 35.7. The molecule has 3 N–H and O–H groups in total. The normalized spacial score (nSPS) is 11.5. The largest absolute Gasteiger partial charge is 0.492 e. The average molecular weight is 468 g/mol. The topological polar surface area (TPSA) is 115 Å². The first-order valence-corrected chi connectivity index (χ1v) is 9.97. The van der Waals surface area contributed by atoms with Gasteiger partial charge in [-0.1, -0.05) is 23.2 Å². The van der Waals surface area contributed by atoms with E-state index in [-0.39, 0.29) is 43.6 Å². The van der Waals surface area contributed by atoms with Crippen LogP contribution in [0.25, 0.3) is 0 Å². The van der Waals surface area contributed by atoms with Gasteiger partial charge in [0.2, 0.25) is 18.6 Å². The number of benzene rings is 2. The molecule has 3 rings (SSSR count). The molecule has 1 aliphatic rings. The summed E-state index contributed by atoms with van der Waals surface area (Å²) in [6, 6.07) is 9.58. The fraction of sp³-hybridized carbons (Fsp3) is 0.250. The molecule has 0 aliphatic carbocycles. The number of halogens is 2. The summed E-state index contributed by atoms with van der Waals surface area (Å²) >= 11 is 11.7. The van der Waals surface area contributed by atoms with Crippen LogP contribution in [0.4, 0.5) is 0 Å². The van der Waals surface area contributed by atoms with Crippen LogP contribution in [0.2, 0.25) is 10.0 Å². The van der Waals surface area contributed by atoms with Crippen molar-refractivity contribution in [1.29, 1.82) is 0 Å². The first kappa shape index (κ1) is 22.5. The summed E-state index contributed by atoms with van der Waals surface area (Å²) < 4.78 is 16.0. The Bertz CT molecular complexity index is 985. The minimum absolute atomic E-state index is 0.174. The number of nitrogens with one attached hydrogen (secondary N) is 3. The SMILES string of the molecule is O=C(CNC(=O)CNC(=O)c1ccc(Cl)cc1Cl)NCCOc1ccc2c(c1)OCO2. The highest BCUT2D eigenvalue weighted by Gasteiger charge is 2.14. The van der Waals surface area contributed by atoms with Crippen LogP contribution < -0.4 is 30.2 Å². The van der Waals surface area contributed by atoms with Gasteiger partial charge in [0.05, 0.1) is 30.2 Å². The molecule has 2 aromatic carbocycles. The Hall–Kier alpha value is -3.17. The third-order valence-corrected chi connectivity index (χ3v) is 4.62. The summed E-state index contributed by atoms with van der Waals surface area (Å²) in [5.41, 5.74) is 0.194. The molecule has 0 radical (unpaired) electrons. The maximum atomic E-state index is 12.0. The lowest BCUT2D eigenvalue weighted by Gasteiger charge is -2.10. The van der Waals surface area contributed by atoms with Crippen LogP contribution in [0, 0.1) is 0 Å². The van der Waals surface area contributed by atoms with Crippen molar-refractivity contribution in [3.05, 3.63) is 52.0 Å². The van der Waals surface area contributed by atoms with Crippen LogP contribution in [0.15, 0.2) is 36.4 Å².